The Morgan fingerprint density at radius 3 is 2.89 bits per heavy atom. The highest BCUT2D eigenvalue weighted by Gasteiger charge is 2.17. The van der Waals surface area contributed by atoms with Gasteiger partial charge in [-0.25, -0.2) is 0 Å². The Hall–Kier alpha value is -1.32. The Morgan fingerprint density at radius 2 is 2.11 bits per heavy atom. The number of nitrogens with one attached hydrogen (secondary N) is 2. The van der Waals surface area contributed by atoms with Crippen molar-refractivity contribution in [2.75, 3.05) is 13.1 Å². The van der Waals surface area contributed by atoms with Crippen molar-refractivity contribution in [2.24, 2.45) is 5.92 Å². The van der Waals surface area contributed by atoms with Crippen LogP contribution in [0.5, 0.6) is 0 Å². The Bertz CT molecular complexity index is 544. The molecule has 3 rings (SSSR count). The van der Waals surface area contributed by atoms with E-state index in [0.717, 1.165) is 36.0 Å². The molecule has 0 saturated carbocycles. The number of halogens is 1. The lowest BCUT2D eigenvalue weighted by Crippen LogP contribution is -2.28. The number of H-pyrrole nitrogens is 1. The first kappa shape index (κ1) is 12.7. The van der Waals surface area contributed by atoms with Crippen LogP contribution in [0.1, 0.15) is 18.5 Å². The van der Waals surface area contributed by atoms with E-state index in [4.69, 9.17) is 11.6 Å². The molecule has 1 saturated heterocycles. The zero-order chi connectivity index (χ0) is 13.1. The normalized spacial score (nSPS) is 16.7. The topological polar surface area (TPSA) is 40.7 Å². The van der Waals surface area contributed by atoms with Crippen molar-refractivity contribution in [2.45, 2.75) is 19.3 Å². The van der Waals surface area contributed by atoms with E-state index < -0.39 is 0 Å². The molecule has 1 aromatic heterocycles. The number of nitrogens with zero attached hydrogens (tertiary/aromatic N) is 1. The molecule has 1 aliphatic rings. The van der Waals surface area contributed by atoms with Gasteiger partial charge in [-0.05, 0) is 56.0 Å². The number of piperidine rings is 1. The van der Waals surface area contributed by atoms with E-state index in [2.05, 4.69) is 21.6 Å². The number of aromatic amines is 1. The second-order valence-electron chi connectivity index (χ2n) is 5.17. The zero-order valence-electron chi connectivity index (χ0n) is 10.8. The van der Waals surface area contributed by atoms with E-state index in [9.17, 15) is 0 Å². The van der Waals surface area contributed by atoms with Crippen LogP contribution in [-0.2, 0) is 6.42 Å². The number of hydrogen-bond donors (Lipinski definition) is 2. The summed E-state index contributed by atoms with van der Waals surface area (Å²) in [5.74, 6) is 0.750. The lowest BCUT2D eigenvalue weighted by molar-refractivity contribution is 0.370. The van der Waals surface area contributed by atoms with Gasteiger partial charge < -0.3 is 5.32 Å². The van der Waals surface area contributed by atoms with Crippen molar-refractivity contribution in [3.05, 3.63) is 41.2 Å². The molecule has 0 unspecified atom stereocenters. The van der Waals surface area contributed by atoms with Crippen molar-refractivity contribution in [3.63, 3.8) is 0 Å². The fourth-order valence-corrected chi connectivity index (χ4v) is 2.94. The highest BCUT2D eigenvalue weighted by atomic mass is 35.5. The summed E-state index contributed by atoms with van der Waals surface area (Å²) in [7, 11) is 0. The highest BCUT2D eigenvalue weighted by molar-refractivity contribution is 6.30. The first-order valence-electron chi connectivity index (χ1n) is 6.82. The van der Waals surface area contributed by atoms with E-state index in [1.807, 2.05) is 24.4 Å². The summed E-state index contributed by atoms with van der Waals surface area (Å²) >= 11 is 6.07. The van der Waals surface area contributed by atoms with Gasteiger partial charge in [0.1, 0.15) is 0 Å². The average molecular weight is 276 g/mol. The molecular weight excluding hydrogens is 258 g/mol. The lowest BCUT2D eigenvalue weighted by Gasteiger charge is -2.22. The molecule has 0 aliphatic carbocycles. The Balaban J connectivity index is 1.81. The van der Waals surface area contributed by atoms with Gasteiger partial charge in [0.2, 0.25) is 0 Å². The summed E-state index contributed by atoms with van der Waals surface area (Å²) in [4.78, 5) is 0. The number of benzene rings is 1. The van der Waals surface area contributed by atoms with E-state index in [-0.39, 0.29) is 0 Å². The maximum absolute atomic E-state index is 6.07. The van der Waals surface area contributed by atoms with Crippen LogP contribution >= 0.6 is 11.6 Å². The third-order valence-corrected chi connectivity index (χ3v) is 4.04. The first-order chi connectivity index (χ1) is 9.33. The molecule has 2 aromatic rings. The predicted octanol–water partition coefficient (Wildman–Crippen LogP) is 3.27. The smallest absolute Gasteiger partial charge is 0.0568 e. The Morgan fingerprint density at radius 1 is 1.26 bits per heavy atom. The number of hydrogen-bond acceptors (Lipinski definition) is 2. The van der Waals surface area contributed by atoms with Crippen molar-refractivity contribution < 1.29 is 0 Å². The molecule has 100 valence electrons. The van der Waals surface area contributed by atoms with Crippen LogP contribution in [0.15, 0.2) is 30.5 Å². The molecule has 0 radical (unpaired) electrons. The fourth-order valence-electron chi connectivity index (χ4n) is 2.75. The van der Waals surface area contributed by atoms with Crippen LogP contribution in [0.4, 0.5) is 0 Å². The maximum atomic E-state index is 6.07. The van der Waals surface area contributed by atoms with Crippen LogP contribution in [-0.4, -0.2) is 23.3 Å². The van der Waals surface area contributed by atoms with Crippen molar-refractivity contribution in [3.8, 4) is 11.1 Å². The molecule has 1 aromatic carbocycles. The molecule has 0 bridgehead atoms. The fraction of sp³-hybridized carbons (Fsp3) is 0.400. The van der Waals surface area contributed by atoms with Gasteiger partial charge >= 0.3 is 0 Å². The molecular formula is C15H18ClN3. The molecule has 1 fully saturated rings. The van der Waals surface area contributed by atoms with Gasteiger partial charge in [0, 0.05) is 16.3 Å². The van der Waals surface area contributed by atoms with Crippen molar-refractivity contribution in [1.29, 1.82) is 0 Å². The molecule has 2 heterocycles. The third-order valence-electron chi connectivity index (χ3n) is 3.81. The highest BCUT2D eigenvalue weighted by Crippen LogP contribution is 2.27. The van der Waals surface area contributed by atoms with E-state index in [0.29, 0.717) is 0 Å². The molecule has 4 heteroatoms. The quantitative estimate of drug-likeness (QED) is 0.903. The van der Waals surface area contributed by atoms with Crippen LogP contribution < -0.4 is 5.32 Å². The van der Waals surface area contributed by atoms with Crippen molar-refractivity contribution >= 4 is 11.6 Å². The van der Waals surface area contributed by atoms with Gasteiger partial charge in [-0.2, -0.15) is 5.10 Å². The summed E-state index contributed by atoms with van der Waals surface area (Å²) in [5.41, 5.74) is 3.56. The van der Waals surface area contributed by atoms with Gasteiger partial charge in [-0.15, -0.1) is 0 Å². The van der Waals surface area contributed by atoms with Crippen LogP contribution in [0.3, 0.4) is 0 Å². The summed E-state index contributed by atoms with van der Waals surface area (Å²) in [6, 6.07) is 7.97. The minimum Gasteiger partial charge on any atom is -0.317 e. The number of aromatic nitrogens is 2. The monoisotopic (exact) mass is 275 g/mol. The molecule has 0 spiro atoms. The summed E-state index contributed by atoms with van der Waals surface area (Å²) in [6.07, 6.45) is 5.47. The van der Waals surface area contributed by atoms with Gasteiger partial charge in [-0.3, -0.25) is 5.10 Å². The maximum Gasteiger partial charge on any atom is 0.0568 e. The SMILES string of the molecule is Clc1cccc(-c2cn[nH]c2CC2CCNCC2)c1. The van der Waals surface area contributed by atoms with Gasteiger partial charge in [0.15, 0.2) is 0 Å². The van der Waals surface area contributed by atoms with Gasteiger partial charge in [-0.1, -0.05) is 23.7 Å². The van der Waals surface area contributed by atoms with Crippen LogP contribution in [0.2, 0.25) is 5.02 Å². The first-order valence-corrected chi connectivity index (χ1v) is 7.19. The van der Waals surface area contributed by atoms with E-state index in [1.54, 1.807) is 0 Å². The molecule has 1 aliphatic heterocycles. The molecule has 0 atom stereocenters. The Kier molecular flexibility index (Phi) is 3.85. The Labute approximate surface area is 118 Å². The zero-order valence-corrected chi connectivity index (χ0v) is 11.6. The second kappa shape index (κ2) is 5.76. The van der Waals surface area contributed by atoms with Crippen LogP contribution in [0.25, 0.3) is 11.1 Å². The summed E-state index contributed by atoms with van der Waals surface area (Å²) < 4.78 is 0. The third kappa shape index (κ3) is 2.99. The van der Waals surface area contributed by atoms with Crippen molar-refractivity contribution in [1.82, 2.24) is 15.5 Å². The molecule has 19 heavy (non-hydrogen) atoms. The molecule has 0 amide bonds. The average Bonchev–Trinajstić information content (AvgIpc) is 2.88. The van der Waals surface area contributed by atoms with Gasteiger partial charge in [0.05, 0.1) is 6.20 Å². The lowest BCUT2D eigenvalue weighted by atomic mass is 9.91. The van der Waals surface area contributed by atoms with E-state index in [1.165, 1.54) is 24.1 Å². The minimum absolute atomic E-state index is 0.750. The largest absolute Gasteiger partial charge is 0.317 e. The minimum atomic E-state index is 0.750. The predicted molar refractivity (Wildman–Crippen MR) is 78.3 cm³/mol. The molecule has 2 N–H and O–H groups in total. The second-order valence-corrected chi connectivity index (χ2v) is 5.61. The van der Waals surface area contributed by atoms with E-state index >= 15 is 0 Å². The van der Waals surface area contributed by atoms with Gasteiger partial charge in [0.25, 0.3) is 0 Å². The molecule has 3 nitrogen and oxygen atoms in total. The standard InChI is InChI=1S/C15H18ClN3/c16-13-3-1-2-12(9-13)14-10-18-19-15(14)8-11-4-6-17-7-5-11/h1-3,9-11,17H,4-8H2,(H,18,19). The summed E-state index contributed by atoms with van der Waals surface area (Å²) in [6.45, 7) is 2.26. The van der Waals surface area contributed by atoms with Crippen LogP contribution in [0, 0.1) is 5.92 Å². The summed E-state index contributed by atoms with van der Waals surface area (Å²) in [5, 5.41) is 11.5. The number of rotatable bonds is 3.